The average molecular weight is 171 g/mol. The van der Waals surface area contributed by atoms with Crippen molar-refractivity contribution in [3.8, 4) is 0 Å². The Labute approximate surface area is 71.8 Å². The molecule has 0 spiro atoms. The molecule has 2 heteroatoms. The lowest BCUT2D eigenvalue weighted by atomic mass is 10.4. The molecule has 1 rings (SSSR count). The van der Waals surface area contributed by atoms with Gasteiger partial charge in [0.05, 0.1) is 8.07 Å². The molecule has 0 aromatic carbocycles. The van der Waals surface area contributed by atoms with Crippen molar-refractivity contribution in [3.63, 3.8) is 0 Å². The van der Waals surface area contributed by atoms with Crippen LogP contribution in [-0.2, 0) is 0 Å². The molecule has 1 heterocycles. The minimum atomic E-state index is -0.882. The Morgan fingerprint density at radius 2 is 2.00 bits per heavy atom. The molecule has 11 heavy (non-hydrogen) atoms. The standard InChI is InChI=1S/C9H21NSi/c1-5-10-8-6-7-9(10)11(2,3)4/h9H,5-8H2,1-4H3/t9-/m1/s1. The smallest absolute Gasteiger partial charge is 0.0638 e. The van der Waals surface area contributed by atoms with Gasteiger partial charge in [0.25, 0.3) is 0 Å². The van der Waals surface area contributed by atoms with E-state index in [9.17, 15) is 0 Å². The van der Waals surface area contributed by atoms with E-state index in [1.807, 2.05) is 0 Å². The molecule has 1 nitrogen and oxygen atoms in total. The molecule has 0 aromatic heterocycles. The summed E-state index contributed by atoms with van der Waals surface area (Å²) in [6.07, 6.45) is 2.90. The maximum atomic E-state index is 2.67. The predicted molar refractivity (Wildman–Crippen MR) is 53.6 cm³/mol. The van der Waals surface area contributed by atoms with Crippen LogP contribution in [0.5, 0.6) is 0 Å². The second kappa shape index (κ2) is 3.28. The number of likely N-dealkylation sites (tertiary alicyclic amines) is 1. The minimum absolute atomic E-state index is 0.882. The Hall–Kier alpha value is 0.177. The summed E-state index contributed by atoms with van der Waals surface area (Å²) in [5.74, 6) is 0. The fourth-order valence-electron chi connectivity index (χ4n) is 2.19. The lowest BCUT2D eigenvalue weighted by Gasteiger charge is -2.32. The van der Waals surface area contributed by atoms with Crippen LogP contribution >= 0.6 is 0 Å². The van der Waals surface area contributed by atoms with E-state index in [-0.39, 0.29) is 0 Å². The van der Waals surface area contributed by atoms with E-state index in [1.165, 1.54) is 25.9 Å². The van der Waals surface area contributed by atoms with E-state index in [1.54, 1.807) is 0 Å². The first kappa shape index (κ1) is 9.27. The summed E-state index contributed by atoms with van der Waals surface area (Å²) in [6.45, 7) is 12.4. The van der Waals surface area contributed by atoms with Crippen molar-refractivity contribution in [1.29, 1.82) is 0 Å². The fraction of sp³-hybridized carbons (Fsp3) is 1.00. The van der Waals surface area contributed by atoms with Crippen molar-refractivity contribution in [2.75, 3.05) is 13.1 Å². The Morgan fingerprint density at radius 3 is 2.36 bits per heavy atom. The molecular weight excluding hydrogens is 150 g/mol. The van der Waals surface area contributed by atoms with Crippen LogP contribution in [-0.4, -0.2) is 31.7 Å². The molecule has 1 fully saturated rings. The zero-order chi connectivity index (χ0) is 8.48. The highest BCUT2D eigenvalue weighted by Crippen LogP contribution is 2.25. The van der Waals surface area contributed by atoms with E-state index in [2.05, 4.69) is 31.5 Å². The Morgan fingerprint density at radius 1 is 1.36 bits per heavy atom. The van der Waals surface area contributed by atoms with Gasteiger partial charge in [0.2, 0.25) is 0 Å². The van der Waals surface area contributed by atoms with Gasteiger partial charge in [-0.25, -0.2) is 0 Å². The lowest BCUT2D eigenvalue weighted by molar-refractivity contribution is 0.321. The van der Waals surface area contributed by atoms with Gasteiger partial charge in [-0.1, -0.05) is 26.6 Å². The topological polar surface area (TPSA) is 3.24 Å². The maximum absolute atomic E-state index is 2.67. The van der Waals surface area contributed by atoms with Gasteiger partial charge in [0.1, 0.15) is 0 Å². The van der Waals surface area contributed by atoms with Crippen LogP contribution in [0.1, 0.15) is 19.8 Å². The second-order valence-electron chi connectivity index (χ2n) is 4.65. The second-order valence-corrected chi connectivity index (χ2v) is 10.1. The largest absolute Gasteiger partial charge is 0.303 e. The van der Waals surface area contributed by atoms with Crippen molar-refractivity contribution in [1.82, 2.24) is 4.90 Å². The Balaban J connectivity index is 2.57. The minimum Gasteiger partial charge on any atom is -0.303 e. The highest BCUT2D eigenvalue weighted by molar-refractivity contribution is 6.77. The predicted octanol–water partition coefficient (Wildman–Crippen LogP) is 2.35. The van der Waals surface area contributed by atoms with Crippen LogP contribution in [0.15, 0.2) is 0 Å². The Bertz CT molecular complexity index is 128. The maximum Gasteiger partial charge on any atom is 0.0638 e. The number of hydrogen-bond donors (Lipinski definition) is 0. The van der Waals surface area contributed by atoms with Crippen molar-refractivity contribution < 1.29 is 0 Å². The third kappa shape index (κ3) is 2.06. The third-order valence-electron chi connectivity index (χ3n) is 2.77. The van der Waals surface area contributed by atoms with Crippen LogP contribution in [0.2, 0.25) is 19.6 Å². The van der Waals surface area contributed by atoms with Gasteiger partial charge in [0.15, 0.2) is 0 Å². The van der Waals surface area contributed by atoms with Gasteiger partial charge >= 0.3 is 0 Å². The average Bonchev–Trinajstić information content (AvgIpc) is 2.31. The molecule has 66 valence electrons. The summed E-state index contributed by atoms with van der Waals surface area (Å²) in [5, 5.41) is 0. The highest BCUT2D eigenvalue weighted by atomic mass is 28.3. The van der Waals surface area contributed by atoms with Crippen LogP contribution < -0.4 is 0 Å². The SMILES string of the molecule is CCN1CCC[C@H]1[Si](C)(C)C. The van der Waals surface area contributed by atoms with Crippen LogP contribution in [0, 0.1) is 0 Å². The summed E-state index contributed by atoms with van der Waals surface area (Å²) in [7, 11) is -0.882. The molecular formula is C9H21NSi. The van der Waals surface area contributed by atoms with Crippen LogP contribution in [0.3, 0.4) is 0 Å². The number of nitrogens with zero attached hydrogens (tertiary/aromatic N) is 1. The lowest BCUT2D eigenvalue weighted by Crippen LogP contribution is -2.47. The molecule has 0 unspecified atom stereocenters. The number of rotatable bonds is 2. The van der Waals surface area contributed by atoms with Crippen molar-refractivity contribution >= 4 is 8.07 Å². The first-order valence-corrected chi connectivity index (χ1v) is 8.37. The first-order chi connectivity index (χ1) is 5.05. The van der Waals surface area contributed by atoms with E-state index >= 15 is 0 Å². The molecule has 1 aliphatic heterocycles. The van der Waals surface area contributed by atoms with Gasteiger partial charge in [-0.05, 0) is 25.9 Å². The normalized spacial score (nSPS) is 27.8. The van der Waals surface area contributed by atoms with Gasteiger partial charge < -0.3 is 4.90 Å². The third-order valence-corrected chi connectivity index (χ3v) is 5.42. The summed E-state index contributed by atoms with van der Waals surface area (Å²) in [5.41, 5.74) is 0.965. The Kier molecular flexibility index (Phi) is 2.76. The zero-order valence-electron chi connectivity index (χ0n) is 8.35. The van der Waals surface area contributed by atoms with E-state index in [0.29, 0.717) is 0 Å². The fourth-order valence-corrected chi connectivity index (χ4v) is 4.66. The summed E-state index contributed by atoms with van der Waals surface area (Å²) >= 11 is 0. The summed E-state index contributed by atoms with van der Waals surface area (Å²) in [4.78, 5) is 2.67. The van der Waals surface area contributed by atoms with Crippen molar-refractivity contribution in [2.24, 2.45) is 0 Å². The van der Waals surface area contributed by atoms with Gasteiger partial charge in [-0.3, -0.25) is 0 Å². The molecule has 0 saturated carbocycles. The molecule has 0 N–H and O–H groups in total. The molecule has 1 aliphatic rings. The zero-order valence-corrected chi connectivity index (χ0v) is 9.35. The van der Waals surface area contributed by atoms with Gasteiger partial charge in [0, 0.05) is 5.67 Å². The molecule has 0 aromatic rings. The van der Waals surface area contributed by atoms with Gasteiger partial charge in [-0.2, -0.15) is 0 Å². The van der Waals surface area contributed by atoms with Crippen LogP contribution in [0.4, 0.5) is 0 Å². The van der Waals surface area contributed by atoms with Crippen molar-refractivity contribution in [3.05, 3.63) is 0 Å². The summed E-state index contributed by atoms with van der Waals surface area (Å²) in [6, 6.07) is 0. The van der Waals surface area contributed by atoms with Gasteiger partial charge in [-0.15, -0.1) is 0 Å². The quantitative estimate of drug-likeness (QED) is 0.577. The molecule has 1 atom stereocenters. The van der Waals surface area contributed by atoms with Crippen molar-refractivity contribution in [2.45, 2.75) is 45.1 Å². The monoisotopic (exact) mass is 171 g/mol. The summed E-state index contributed by atoms with van der Waals surface area (Å²) < 4.78 is 0. The van der Waals surface area contributed by atoms with E-state index < -0.39 is 8.07 Å². The molecule has 0 amide bonds. The number of hydrogen-bond acceptors (Lipinski definition) is 1. The van der Waals surface area contributed by atoms with E-state index in [4.69, 9.17) is 0 Å². The molecule has 0 radical (unpaired) electrons. The molecule has 0 aliphatic carbocycles. The first-order valence-electron chi connectivity index (χ1n) is 4.79. The van der Waals surface area contributed by atoms with E-state index in [0.717, 1.165) is 5.67 Å². The van der Waals surface area contributed by atoms with Crippen LogP contribution in [0.25, 0.3) is 0 Å². The molecule has 0 bridgehead atoms. The highest BCUT2D eigenvalue weighted by Gasteiger charge is 2.34. The molecule has 1 saturated heterocycles.